The molecule has 0 spiro atoms. The third kappa shape index (κ3) is 2.99. The van der Waals surface area contributed by atoms with Crippen LogP contribution in [0.4, 0.5) is 0 Å². The Bertz CT molecular complexity index is 893. The van der Waals surface area contributed by atoms with E-state index in [1.807, 2.05) is 0 Å². The van der Waals surface area contributed by atoms with Crippen molar-refractivity contribution >= 4 is 27.5 Å². The Balaban J connectivity index is 2.85. The maximum Gasteiger partial charge on any atom is 0.355 e. The summed E-state index contributed by atoms with van der Waals surface area (Å²) in [6, 6.07) is 2.11. The normalized spacial score (nSPS) is 15.6. The lowest BCUT2D eigenvalue weighted by atomic mass is 10.2. The lowest BCUT2D eigenvalue weighted by Crippen LogP contribution is -2.36. The van der Waals surface area contributed by atoms with Crippen LogP contribution in [0.3, 0.4) is 0 Å². The van der Waals surface area contributed by atoms with E-state index in [4.69, 9.17) is 9.47 Å². The molecule has 2 rings (SSSR count). The third-order valence-electron chi connectivity index (χ3n) is 3.34. The van der Waals surface area contributed by atoms with Crippen molar-refractivity contribution in [1.82, 2.24) is 4.57 Å². The Morgan fingerprint density at radius 3 is 2.29 bits per heavy atom. The molecule has 0 fully saturated rings. The number of hydrogen-bond acceptors (Lipinski definition) is 7. The average Bonchev–Trinajstić information content (AvgIpc) is 2.48. The van der Waals surface area contributed by atoms with Gasteiger partial charge in [-0.2, -0.15) is 0 Å². The van der Waals surface area contributed by atoms with Crippen LogP contribution in [0.1, 0.15) is 31.1 Å². The fraction of sp³-hybridized carbons (Fsp3) is 0.400. The summed E-state index contributed by atoms with van der Waals surface area (Å²) in [6.45, 7) is 4.69. The van der Waals surface area contributed by atoms with Gasteiger partial charge in [0.2, 0.25) is 0 Å². The first kappa shape index (κ1) is 17.9. The SMILES string of the molecule is CCOC(=O)C1=C(C)CS(=O)(=O)c2c(C(=O)OCC)ccc(=O)n21. The summed E-state index contributed by atoms with van der Waals surface area (Å²) in [5.41, 5.74) is -1.05. The second kappa shape index (κ2) is 6.60. The predicted molar refractivity (Wildman–Crippen MR) is 84.2 cm³/mol. The van der Waals surface area contributed by atoms with Crippen LogP contribution in [0.15, 0.2) is 27.5 Å². The van der Waals surface area contributed by atoms with Gasteiger partial charge in [0.25, 0.3) is 5.56 Å². The molecule has 0 aromatic carbocycles. The first-order valence-electron chi connectivity index (χ1n) is 7.27. The summed E-state index contributed by atoms with van der Waals surface area (Å²) < 4.78 is 35.6. The van der Waals surface area contributed by atoms with Crippen molar-refractivity contribution < 1.29 is 27.5 Å². The lowest BCUT2D eigenvalue weighted by molar-refractivity contribution is -0.136. The molecule has 0 saturated carbocycles. The highest BCUT2D eigenvalue weighted by Gasteiger charge is 2.37. The van der Waals surface area contributed by atoms with E-state index in [9.17, 15) is 22.8 Å². The molecule has 0 unspecified atom stereocenters. The summed E-state index contributed by atoms with van der Waals surface area (Å²) >= 11 is 0. The number of carbonyl (C=O) groups excluding carboxylic acids is 2. The molecule has 1 aliphatic heterocycles. The van der Waals surface area contributed by atoms with E-state index >= 15 is 0 Å². The molecule has 0 bridgehead atoms. The average molecular weight is 355 g/mol. The smallest absolute Gasteiger partial charge is 0.355 e. The summed E-state index contributed by atoms with van der Waals surface area (Å²) in [5.74, 6) is -2.20. The van der Waals surface area contributed by atoms with E-state index in [2.05, 4.69) is 0 Å². The molecule has 0 aliphatic carbocycles. The first-order chi connectivity index (χ1) is 11.2. The van der Waals surface area contributed by atoms with Gasteiger partial charge >= 0.3 is 11.9 Å². The Labute approximate surface area is 138 Å². The molecule has 0 atom stereocenters. The van der Waals surface area contributed by atoms with E-state index in [0.29, 0.717) is 0 Å². The molecule has 8 nitrogen and oxygen atoms in total. The Hall–Kier alpha value is -2.42. The fourth-order valence-electron chi connectivity index (χ4n) is 2.48. The number of ether oxygens (including phenoxy) is 2. The quantitative estimate of drug-likeness (QED) is 0.728. The molecule has 0 saturated heterocycles. The molecule has 130 valence electrons. The largest absolute Gasteiger partial charge is 0.462 e. The van der Waals surface area contributed by atoms with E-state index in [-0.39, 0.29) is 30.0 Å². The standard InChI is InChI=1S/C15H17NO7S/c1-4-22-14(18)10-6-7-11(17)16-12(15(19)23-5-2)9(3)8-24(20,21)13(10)16/h6-7H,4-5,8H2,1-3H3. The molecular formula is C15H17NO7S. The van der Waals surface area contributed by atoms with Crippen molar-refractivity contribution in [3.05, 3.63) is 33.6 Å². The topological polar surface area (TPSA) is 109 Å². The van der Waals surface area contributed by atoms with Crippen molar-refractivity contribution in [2.45, 2.75) is 25.8 Å². The van der Waals surface area contributed by atoms with Crippen molar-refractivity contribution in [2.24, 2.45) is 0 Å². The fourth-order valence-corrected chi connectivity index (χ4v) is 4.27. The molecule has 1 aliphatic rings. The van der Waals surface area contributed by atoms with Crippen LogP contribution in [0.25, 0.3) is 5.70 Å². The van der Waals surface area contributed by atoms with Crippen molar-refractivity contribution in [2.75, 3.05) is 19.0 Å². The number of carbonyl (C=O) groups is 2. The van der Waals surface area contributed by atoms with Crippen LogP contribution in [0.2, 0.25) is 0 Å². The summed E-state index contributed by atoms with van der Waals surface area (Å²) in [4.78, 5) is 36.5. The van der Waals surface area contributed by atoms with Crippen molar-refractivity contribution in [3.8, 4) is 0 Å². The van der Waals surface area contributed by atoms with E-state index in [1.54, 1.807) is 13.8 Å². The van der Waals surface area contributed by atoms with E-state index in [0.717, 1.165) is 16.7 Å². The molecule has 0 N–H and O–H groups in total. The second-order valence-corrected chi connectivity index (χ2v) is 6.96. The second-order valence-electron chi connectivity index (χ2n) is 5.05. The van der Waals surface area contributed by atoms with Gasteiger partial charge in [0.15, 0.2) is 14.9 Å². The lowest BCUT2D eigenvalue weighted by Gasteiger charge is -2.23. The number of esters is 2. The van der Waals surface area contributed by atoms with Gasteiger partial charge in [-0.05, 0) is 32.4 Å². The molecule has 1 aromatic heterocycles. The number of nitrogens with zero attached hydrogens (tertiary/aromatic N) is 1. The zero-order valence-corrected chi connectivity index (χ0v) is 14.3. The first-order valence-corrected chi connectivity index (χ1v) is 8.93. The van der Waals surface area contributed by atoms with Crippen LogP contribution < -0.4 is 5.56 Å². The highest BCUT2D eigenvalue weighted by molar-refractivity contribution is 7.91. The highest BCUT2D eigenvalue weighted by Crippen LogP contribution is 2.29. The van der Waals surface area contributed by atoms with Gasteiger partial charge in [0.1, 0.15) is 5.70 Å². The van der Waals surface area contributed by atoms with Crippen molar-refractivity contribution in [3.63, 3.8) is 0 Å². The molecule has 9 heteroatoms. The van der Waals surface area contributed by atoms with Crippen LogP contribution >= 0.6 is 0 Å². The maximum absolute atomic E-state index is 12.5. The third-order valence-corrected chi connectivity index (χ3v) is 5.14. The zero-order chi connectivity index (χ0) is 18.1. The Kier molecular flexibility index (Phi) is 4.93. The van der Waals surface area contributed by atoms with Crippen LogP contribution in [0.5, 0.6) is 0 Å². The molecule has 24 heavy (non-hydrogen) atoms. The number of hydrogen-bond donors (Lipinski definition) is 0. The number of sulfone groups is 1. The zero-order valence-electron chi connectivity index (χ0n) is 13.5. The minimum Gasteiger partial charge on any atom is -0.462 e. The minimum atomic E-state index is -3.99. The number of rotatable bonds is 4. The minimum absolute atomic E-state index is 0.0387. The van der Waals surface area contributed by atoms with Crippen LogP contribution in [0, 0.1) is 0 Å². The summed E-state index contributed by atoms with van der Waals surface area (Å²) in [6.07, 6.45) is 0. The van der Waals surface area contributed by atoms with Gasteiger partial charge in [-0.25, -0.2) is 18.0 Å². The van der Waals surface area contributed by atoms with Crippen molar-refractivity contribution in [1.29, 1.82) is 0 Å². The summed E-state index contributed by atoms with van der Waals surface area (Å²) in [7, 11) is -3.99. The van der Waals surface area contributed by atoms with Gasteiger partial charge in [0.05, 0.1) is 24.5 Å². The van der Waals surface area contributed by atoms with E-state index in [1.165, 1.54) is 6.92 Å². The molecule has 0 radical (unpaired) electrons. The molecule has 1 aromatic rings. The van der Waals surface area contributed by atoms with Gasteiger partial charge < -0.3 is 9.47 Å². The molecule has 2 heterocycles. The highest BCUT2D eigenvalue weighted by atomic mass is 32.2. The van der Waals surface area contributed by atoms with Gasteiger partial charge in [-0.15, -0.1) is 0 Å². The summed E-state index contributed by atoms with van der Waals surface area (Å²) in [5, 5.41) is -0.540. The van der Waals surface area contributed by atoms with E-state index < -0.39 is 38.1 Å². The van der Waals surface area contributed by atoms with Gasteiger partial charge in [0, 0.05) is 6.07 Å². The number of aromatic nitrogens is 1. The monoisotopic (exact) mass is 355 g/mol. The Morgan fingerprint density at radius 1 is 1.12 bits per heavy atom. The maximum atomic E-state index is 12.5. The van der Waals surface area contributed by atoms with Gasteiger partial charge in [-0.3, -0.25) is 9.36 Å². The van der Waals surface area contributed by atoms with Gasteiger partial charge in [-0.1, -0.05) is 0 Å². The Morgan fingerprint density at radius 2 is 1.71 bits per heavy atom. The predicted octanol–water partition coefficient (Wildman–Crippen LogP) is 0.606. The number of fused-ring (bicyclic) bond motifs is 1. The van der Waals surface area contributed by atoms with Crippen LogP contribution in [-0.2, 0) is 24.1 Å². The number of pyridine rings is 1. The van der Waals surface area contributed by atoms with Crippen LogP contribution in [-0.4, -0.2) is 43.9 Å². The molecule has 0 amide bonds. The molecular weight excluding hydrogens is 338 g/mol.